The van der Waals surface area contributed by atoms with Crippen LogP contribution in [0.3, 0.4) is 0 Å². The van der Waals surface area contributed by atoms with Crippen molar-refractivity contribution in [2.24, 2.45) is 0 Å². The lowest BCUT2D eigenvalue weighted by molar-refractivity contribution is -0.126. The number of anilines is 2. The highest BCUT2D eigenvalue weighted by molar-refractivity contribution is 6.33. The van der Waals surface area contributed by atoms with Crippen LogP contribution in [0.15, 0.2) is 53.8 Å². The molecule has 0 bridgehead atoms. The Bertz CT molecular complexity index is 1740. The molecule has 11 heteroatoms. The molecule has 0 unspecified atom stereocenters. The third-order valence-electron chi connectivity index (χ3n) is 7.30. The Hall–Kier alpha value is -4.31. The topological polar surface area (TPSA) is 110 Å². The molecule has 3 aromatic heterocycles. The maximum atomic E-state index is 14.9. The summed E-state index contributed by atoms with van der Waals surface area (Å²) in [6.45, 7) is 10.7. The number of nitrogens with two attached hydrogens (primary N) is 1. The van der Waals surface area contributed by atoms with Crippen molar-refractivity contribution in [2.75, 3.05) is 30.3 Å². The number of piperazine rings is 1. The molecule has 1 atom stereocenters. The third-order valence-corrected chi connectivity index (χ3v) is 7.59. The molecular formula is C30H31ClFN7O2. The predicted molar refractivity (Wildman–Crippen MR) is 160 cm³/mol. The van der Waals surface area contributed by atoms with Gasteiger partial charge in [-0.15, -0.1) is 0 Å². The van der Waals surface area contributed by atoms with Gasteiger partial charge in [0, 0.05) is 31.2 Å². The molecule has 9 nitrogen and oxygen atoms in total. The van der Waals surface area contributed by atoms with E-state index in [-0.39, 0.29) is 33.9 Å². The SMILES string of the molecule is C=CC(=O)N1CCN(c2nc(=O)n(-c3c(C)cc(N)nc3CCC)c3nc(-c4ccccc4F)c(Cl)cc23)[C@@H](C)C1. The number of nitrogens with zero attached hydrogens (tertiary/aromatic N) is 6. The number of carbonyl (C=O) groups is 1. The van der Waals surface area contributed by atoms with Crippen molar-refractivity contribution in [2.45, 2.75) is 39.7 Å². The summed E-state index contributed by atoms with van der Waals surface area (Å²) < 4.78 is 16.4. The van der Waals surface area contributed by atoms with Crippen LogP contribution in [0.25, 0.3) is 28.0 Å². The Morgan fingerprint density at radius 3 is 2.66 bits per heavy atom. The maximum Gasteiger partial charge on any atom is 0.355 e. The van der Waals surface area contributed by atoms with Crippen molar-refractivity contribution in [3.63, 3.8) is 0 Å². The summed E-state index contributed by atoms with van der Waals surface area (Å²) >= 11 is 6.76. The lowest BCUT2D eigenvalue weighted by Gasteiger charge is -2.40. The first-order chi connectivity index (χ1) is 19.6. The molecule has 2 N–H and O–H groups in total. The van der Waals surface area contributed by atoms with E-state index in [0.717, 1.165) is 12.0 Å². The van der Waals surface area contributed by atoms with Crippen molar-refractivity contribution in [3.05, 3.63) is 81.6 Å². The van der Waals surface area contributed by atoms with E-state index in [0.29, 0.717) is 54.5 Å². The Morgan fingerprint density at radius 1 is 1.22 bits per heavy atom. The Labute approximate surface area is 242 Å². The molecule has 0 spiro atoms. The highest BCUT2D eigenvalue weighted by atomic mass is 35.5. The molecule has 1 fully saturated rings. The van der Waals surface area contributed by atoms with Crippen molar-refractivity contribution in [3.8, 4) is 16.9 Å². The zero-order valence-electron chi connectivity index (χ0n) is 23.2. The van der Waals surface area contributed by atoms with Gasteiger partial charge < -0.3 is 15.5 Å². The van der Waals surface area contributed by atoms with E-state index in [1.165, 1.54) is 16.7 Å². The number of hydrogen-bond donors (Lipinski definition) is 1. The van der Waals surface area contributed by atoms with Gasteiger partial charge in [-0.3, -0.25) is 4.79 Å². The molecule has 1 saturated heterocycles. The van der Waals surface area contributed by atoms with Gasteiger partial charge in [0.15, 0.2) is 5.65 Å². The Kier molecular flexibility index (Phi) is 7.77. The number of aryl methyl sites for hydroxylation is 2. The van der Waals surface area contributed by atoms with Gasteiger partial charge in [-0.05, 0) is 56.2 Å². The molecule has 5 rings (SSSR count). The molecule has 0 aliphatic carbocycles. The lowest BCUT2D eigenvalue weighted by Crippen LogP contribution is -2.54. The average molecular weight is 576 g/mol. The molecule has 4 heterocycles. The molecule has 0 radical (unpaired) electrons. The summed E-state index contributed by atoms with van der Waals surface area (Å²) in [5, 5.41) is 0.730. The number of aromatic nitrogens is 4. The molecule has 1 aliphatic rings. The minimum atomic E-state index is -0.564. The number of pyridine rings is 2. The van der Waals surface area contributed by atoms with Crippen LogP contribution in [0.5, 0.6) is 0 Å². The normalized spacial score (nSPS) is 15.4. The van der Waals surface area contributed by atoms with Gasteiger partial charge in [-0.1, -0.05) is 43.7 Å². The summed E-state index contributed by atoms with van der Waals surface area (Å²) in [5.41, 5.74) is 8.10. The largest absolute Gasteiger partial charge is 0.384 e. The van der Waals surface area contributed by atoms with E-state index < -0.39 is 11.5 Å². The second-order valence-electron chi connectivity index (χ2n) is 10.2. The minimum absolute atomic E-state index is 0.154. The molecule has 1 aliphatic heterocycles. The van der Waals surface area contributed by atoms with Gasteiger partial charge >= 0.3 is 5.69 Å². The zero-order chi connectivity index (χ0) is 29.4. The summed E-state index contributed by atoms with van der Waals surface area (Å²) in [5.74, 6) is 0.101. The van der Waals surface area contributed by atoms with E-state index in [2.05, 4.69) is 16.5 Å². The number of amides is 1. The van der Waals surface area contributed by atoms with Gasteiger partial charge in [0.05, 0.1) is 27.5 Å². The molecule has 41 heavy (non-hydrogen) atoms. The fraction of sp³-hybridized carbons (Fsp3) is 0.300. The first-order valence-corrected chi connectivity index (χ1v) is 13.8. The Balaban J connectivity index is 1.81. The highest BCUT2D eigenvalue weighted by Gasteiger charge is 2.30. The van der Waals surface area contributed by atoms with Crippen LogP contribution in [0, 0.1) is 12.7 Å². The fourth-order valence-corrected chi connectivity index (χ4v) is 5.70. The number of rotatable bonds is 6. The van der Waals surface area contributed by atoms with Crippen LogP contribution < -0.4 is 16.3 Å². The highest BCUT2D eigenvalue weighted by Crippen LogP contribution is 2.36. The number of fused-ring (bicyclic) bond motifs is 1. The maximum absolute atomic E-state index is 14.9. The van der Waals surface area contributed by atoms with E-state index in [1.807, 2.05) is 25.7 Å². The smallest absolute Gasteiger partial charge is 0.355 e. The predicted octanol–water partition coefficient (Wildman–Crippen LogP) is 4.70. The van der Waals surface area contributed by atoms with Crippen LogP contribution in [-0.2, 0) is 11.2 Å². The van der Waals surface area contributed by atoms with Crippen LogP contribution in [0.2, 0.25) is 5.02 Å². The lowest BCUT2D eigenvalue weighted by atomic mass is 10.1. The average Bonchev–Trinajstić information content (AvgIpc) is 2.93. The number of halogens is 2. The summed E-state index contributed by atoms with van der Waals surface area (Å²) in [4.78, 5) is 43.8. The van der Waals surface area contributed by atoms with E-state index in [4.69, 9.17) is 22.3 Å². The molecular weight excluding hydrogens is 545 g/mol. The number of carbonyl (C=O) groups excluding carboxylic acids is 1. The minimum Gasteiger partial charge on any atom is -0.384 e. The van der Waals surface area contributed by atoms with Crippen LogP contribution in [0.1, 0.15) is 31.5 Å². The van der Waals surface area contributed by atoms with Crippen molar-refractivity contribution in [1.82, 2.24) is 24.4 Å². The monoisotopic (exact) mass is 575 g/mol. The molecule has 1 amide bonds. The van der Waals surface area contributed by atoms with E-state index in [1.54, 1.807) is 35.2 Å². The first-order valence-electron chi connectivity index (χ1n) is 13.5. The molecule has 1 aromatic carbocycles. The van der Waals surface area contributed by atoms with Crippen molar-refractivity contribution < 1.29 is 9.18 Å². The molecule has 212 valence electrons. The van der Waals surface area contributed by atoms with Crippen molar-refractivity contribution in [1.29, 1.82) is 0 Å². The van der Waals surface area contributed by atoms with Crippen LogP contribution in [0.4, 0.5) is 16.0 Å². The van der Waals surface area contributed by atoms with Crippen molar-refractivity contribution >= 4 is 40.2 Å². The Morgan fingerprint density at radius 2 is 1.98 bits per heavy atom. The quantitative estimate of drug-likeness (QED) is 0.332. The van der Waals surface area contributed by atoms with Gasteiger partial charge in [0.25, 0.3) is 0 Å². The van der Waals surface area contributed by atoms with Crippen LogP contribution in [-0.4, -0.2) is 56.0 Å². The van der Waals surface area contributed by atoms with Gasteiger partial charge in [-0.2, -0.15) is 4.98 Å². The van der Waals surface area contributed by atoms with E-state index in [9.17, 15) is 14.0 Å². The number of nitrogen functional groups attached to an aromatic ring is 1. The summed E-state index contributed by atoms with van der Waals surface area (Å²) in [7, 11) is 0. The van der Waals surface area contributed by atoms with Gasteiger partial charge in [0.2, 0.25) is 5.91 Å². The van der Waals surface area contributed by atoms with Gasteiger partial charge in [0.1, 0.15) is 17.5 Å². The number of benzene rings is 1. The third kappa shape index (κ3) is 5.15. The summed E-state index contributed by atoms with van der Waals surface area (Å²) in [6, 6.07) is 9.43. The molecule has 0 saturated carbocycles. The number of hydrogen-bond acceptors (Lipinski definition) is 7. The van der Waals surface area contributed by atoms with Gasteiger partial charge in [-0.25, -0.2) is 23.7 Å². The fourth-order valence-electron chi connectivity index (χ4n) is 5.45. The summed E-state index contributed by atoms with van der Waals surface area (Å²) in [6.07, 6.45) is 2.63. The second kappa shape index (κ2) is 11.3. The second-order valence-corrected chi connectivity index (χ2v) is 10.6. The molecule has 4 aromatic rings. The first kappa shape index (κ1) is 28.2. The van der Waals surface area contributed by atoms with Crippen LogP contribution >= 0.6 is 11.6 Å². The standard InChI is InChI=1S/C30H31ClFN7O2/c1-5-9-23-27(17(3)14-24(33)34-23)39-29-20(15-21(31)26(35-29)19-10-7-8-11-22(19)32)28(36-30(39)41)38-13-12-37(16-18(38)4)25(40)6-2/h6-8,10-11,14-15,18H,2,5,9,12-13,16H2,1,3-4H3,(H2,33,34)/t18-/m0/s1. The van der Waals surface area contributed by atoms with E-state index >= 15 is 0 Å². The zero-order valence-corrected chi connectivity index (χ0v) is 24.0.